The predicted octanol–water partition coefficient (Wildman–Crippen LogP) is 6.69. The van der Waals surface area contributed by atoms with Crippen LogP contribution in [0, 0.1) is 5.92 Å². The van der Waals surface area contributed by atoms with Gasteiger partial charge >= 0.3 is 0 Å². The van der Waals surface area contributed by atoms with Crippen LogP contribution >= 0.6 is 23.2 Å². The SMILES string of the molecule is C=C(/C=C(\C=C/C)C1(C)N=C(C(C)C)COC1F)c1cc(Cl)cc(Cl)c1. The van der Waals surface area contributed by atoms with Crippen molar-refractivity contribution in [1.82, 2.24) is 0 Å². The van der Waals surface area contributed by atoms with Crippen LogP contribution in [0.3, 0.4) is 0 Å². The molecule has 0 aromatic heterocycles. The zero-order chi connectivity index (χ0) is 19.5. The lowest BCUT2D eigenvalue weighted by atomic mass is 9.87. The van der Waals surface area contributed by atoms with E-state index in [2.05, 4.69) is 6.58 Å². The number of nitrogens with zero attached hydrogens (tertiary/aromatic N) is 1. The van der Waals surface area contributed by atoms with Gasteiger partial charge in [0.2, 0.25) is 6.36 Å². The number of halogens is 3. The second kappa shape index (κ2) is 8.51. The standard InChI is InChI=1S/C21H24Cl2FNO/c1-6-7-16(8-14(4)15-9-17(22)11-18(23)10-15)21(5)20(24)26-12-19(25-21)13(2)3/h6-11,13,20H,4,12H2,1-3,5H3/b7-6-,16-8+. The highest BCUT2D eigenvalue weighted by Gasteiger charge is 2.41. The van der Waals surface area contributed by atoms with E-state index in [1.807, 2.05) is 39.0 Å². The molecule has 1 heterocycles. The zero-order valence-corrected chi connectivity index (χ0v) is 17.0. The number of hydrogen-bond acceptors (Lipinski definition) is 2. The predicted molar refractivity (Wildman–Crippen MR) is 110 cm³/mol. The Kier molecular flexibility index (Phi) is 6.84. The van der Waals surface area contributed by atoms with Gasteiger partial charge in [-0.3, -0.25) is 4.99 Å². The molecule has 1 aliphatic rings. The van der Waals surface area contributed by atoms with Gasteiger partial charge in [-0.1, -0.05) is 55.8 Å². The molecule has 26 heavy (non-hydrogen) atoms. The van der Waals surface area contributed by atoms with E-state index in [1.165, 1.54) is 0 Å². The first kappa shape index (κ1) is 20.9. The van der Waals surface area contributed by atoms with Gasteiger partial charge in [0.05, 0.1) is 6.61 Å². The first-order valence-corrected chi connectivity index (χ1v) is 9.27. The van der Waals surface area contributed by atoms with Crippen molar-refractivity contribution in [2.75, 3.05) is 6.61 Å². The van der Waals surface area contributed by atoms with E-state index in [1.54, 1.807) is 25.1 Å². The maximum atomic E-state index is 14.7. The Morgan fingerprint density at radius 1 is 1.35 bits per heavy atom. The van der Waals surface area contributed by atoms with Crippen LogP contribution in [0.15, 0.2) is 53.6 Å². The Morgan fingerprint density at radius 2 is 1.96 bits per heavy atom. The molecule has 0 spiro atoms. The Morgan fingerprint density at radius 3 is 2.50 bits per heavy atom. The topological polar surface area (TPSA) is 21.6 Å². The maximum absolute atomic E-state index is 14.7. The van der Waals surface area contributed by atoms with E-state index in [4.69, 9.17) is 32.9 Å². The van der Waals surface area contributed by atoms with Gasteiger partial charge in [0.15, 0.2) is 0 Å². The Bertz CT molecular complexity index is 762. The second-order valence-corrected chi connectivity index (χ2v) is 7.69. The van der Waals surface area contributed by atoms with Crippen LogP contribution in [0.2, 0.25) is 10.0 Å². The third kappa shape index (κ3) is 4.64. The highest BCUT2D eigenvalue weighted by Crippen LogP contribution is 2.35. The maximum Gasteiger partial charge on any atom is 0.228 e. The van der Waals surface area contributed by atoms with Gasteiger partial charge in [0, 0.05) is 15.8 Å². The Labute approximate surface area is 165 Å². The molecule has 0 radical (unpaired) electrons. The normalized spacial score (nSPS) is 24.2. The summed E-state index contributed by atoms with van der Waals surface area (Å²) in [6.45, 7) is 12.0. The molecule has 0 saturated heterocycles. The molecule has 0 aliphatic carbocycles. The highest BCUT2D eigenvalue weighted by atomic mass is 35.5. The zero-order valence-electron chi connectivity index (χ0n) is 15.5. The van der Waals surface area contributed by atoms with Crippen LogP contribution in [-0.4, -0.2) is 24.2 Å². The average molecular weight is 396 g/mol. The lowest BCUT2D eigenvalue weighted by Gasteiger charge is -2.36. The highest BCUT2D eigenvalue weighted by molar-refractivity contribution is 6.34. The first-order valence-electron chi connectivity index (χ1n) is 8.52. The molecule has 0 saturated carbocycles. The average Bonchev–Trinajstić information content (AvgIpc) is 2.55. The van der Waals surface area contributed by atoms with E-state index >= 15 is 0 Å². The Balaban J connectivity index is 2.51. The van der Waals surface area contributed by atoms with Crippen molar-refractivity contribution >= 4 is 34.5 Å². The summed E-state index contributed by atoms with van der Waals surface area (Å²) < 4.78 is 20.1. The van der Waals surface area contributed by atoms with E-state index in [-0.39, 0.29) is 12.5 Å². The molecular weight excluding hydrogens is 372 g/mol. The van der Waals surface area contributed by atoms with Crippen LogP contribution in [0.25, 0.3) is 5.57 Å². The summed E-state index contributed by atoms with van der Waals surface area (Å²) in [5.74, 6) is 0.184. The molecule has 2 atom stereocenters. The summed E-state index contributed by atoms with van der Waals surface area (Å²) in [6.07, 6.45) is 3.95. The van der Waals surface area contributed by atoms with Crippen molar-refractivity contribution in [3.63, 3.8) is 0 Å². The molecular formula is C21H24Cl2FNO. The second-order valence-electron chi connectivity index (χ2n) is 6.82. The van der Waals surface area contributed by atoms with Crippen LogP contribution in [-0.2, 0) is 4.74 Å². The number of rotatable bonds is 5. The van der Waals surface area contributed by atoms with E-state index in [9.17, 15) is 4.39 Å². The summed E-state index contributed by atoms with van der Waals surface area (Å²) in [5.41, 5.74) is 1.81. The number of ether oxygens (including phenoxy) is 1. The van der Waals surface area contributed by atoms with Crippen LogP contribution in [0.4, 0.5) is 4.39 Å². The fourth-order valence-electron chi connectivity index (χ4n) is 2.75. The molecule has 0 N–H and O–H groups in total. The van der Waals surface area contributed by atoms with E-state index in [0.29, 0.717) is 21.2 Å². The largest absolute Gasteiger partial charge is 0.340 e. The molecule has 2 rings (SSSR count). The third-order valence-electron chi connectivity index (χ3n) is 4.36. The summed E-state index contributed by atoms with van der Waals surface area (Å²) in [6, 6.07) is 5.20. The van der Waals surface area contributed by atoms with Crippen LogP contribution < -0.4 is 0 Å². The quantitative estimate of drug-likeness (QED) is 0.508. The molecule has 0 fully saturated rings. The number of allylic oxidation sites excluding steroid dienone is 3. The minimum Gasteiger partial charge on any atom is -0.340 e. The minimum atomic E-state index is -1.54. The van der Waals surface area contributed by atoms with Crippen molar-refractivity contribution in [3.8, 4) is 0 Å². The summed E-state index contributed by atoms with van der Waals surface area (Å²) in [7, 11) is 0. The van der Waals surface area contributed by atoms with Crippen LogP contribution in [0.5, 0.6) is 0 Å². The lowest BCUT2D eigenvalue weighted by molar-refractivity contribution is -0.0659. The van der Waals surface area contributed by atoms with Gasteiger partial charge in [0.1, 0.15) is 5.54 Å². The molecule has 0 bridgehead atoms. The Hall–Kier alpha value is -1.42. The molecule has 1 aromatic rings. The van der Waals surface area contributed by atoms with Crippen molar-refractivity contribution in [1.29, 1.82) is 0 Å². The number of benzene rings is 1. The first-order chi connectivity index (χ1) is 12.2. The smallest absolute Gasteiger partial charge is 0.228 e. The van der Waals surface area contributed by atoms with Gasteiger partial charge in [0.25, 0.3) is 0 Å². The summed E-state index contributed by atoms with van der Waals surface area (Å²) >= 11 is 12.2. The van der Waals surface area contributed by atoms with Gasteiger partial charge in [-0.2, -0.15) is 0 Å². The van der Waals surface area contributed by atoms with E-state index < -0.39 is 11.9 Å². The summed E-state index contributed by atoms with van der Waals surface area (Å²) in [5, 5.41) is 1.04. The number of alkyl halides is 1. The van der Waals surface area contributed by atoms with E-state index in [0.717, 1.165) is 11.3 Å². The number of aliphatic imine (C=N–C) groups is 1. The molecule has 1 aliphatic heterocycles. The van der Waals surface area contributed by atoms with Crippen molar-refractivity contribution in [2.24, 2.45) is 10.9 Å². The fraction of sp³-hybridized carbons (Fsp3) is 0.381. The van der Waals surface area contributed by atoms with Gasteiger partial charge < -0.3 is 4.74 Å². The lowest BCUT2D eigenvalue weighted by Crippen LogP contribution is -2.45. The van der Waals surface area contributed by atoms with Gasteiger partial charge in [-0.25, -0.2) is 4.39 Å². The van der Waals surface area contributed by atoms with Crippen molar-refractivity contribution in [3.05, 3.63) is 64.2 Å². The molecule has 140 valence electrons. The van der Waals surface area contributed by atoms with Crippen molar-refractivity contribution < 1.29 is 9.13 Å². The van der Waals surface area contributed by atoms with Crippen molar-refractivity contribution in [2.45, 2.75) is 39.6 Å². The third-order valence-corrected chi connectivity index (χ3v) is 4.79. The molecule has 2 unspecified atom stereocenters. The van der Waals surface area contributed by atoms with Crippen LogP contribution in [0.1, 0.15) is 33.3 Å². The minimum absolute atomic E-state index is 0.184. The molecule has 5 heteroatoms. The van der Waals surface area contributed by atoms with Gasteiger partial charge in [-0.15, -0.1) is 0 Å². The number of hydrogen-bond donors (Lipinski definition) is 0. The molecule has 2 nitrogen and oxygen atoms in total. The fourth-order valence-corrected chi connectivity index (χ4v) is 3.27. The summed E-state index contributed by atoms with van der Waals surface area (Å²) in [4.78, 5) is 4.70. The van der Waals surface area contributed by atoms with Gasteiger partial charge in [-0.05, 0) is 60.8 Å². The molecule has 1 aromatic carbocycles. The molecule has 0 amide bonds. The monoisotopic (exact) mass is 395 g/mol.